The Morgan fingerprint density at radius 1 is 0.812 bits per heavy atom. The molecule has 32 heavy (non-hydrogen) atoms. The van der Waals surface area contributed by atoms with E-state index in [1.807, 2.05) is 27.7 Å². The van der Waals surface area contributed by atoms with Gasteiger partial charge in [0, 0.05) is 19.5 Å². The Kier molecular flexibility index (Phi) is 33.7. The third kappa shape index (κ3) is 35.4. The number of unbranched alkanes of at least 4 members (excludes halogenated alkanes) is 1. The summed E-state index contributed by atoms with van der Waals surface area (Å²) in [5.74, 6) is -0.732. The molecular formula is C22H45N3O7. The quantitative estimate of drug-likeness (QED) is 0.193. The van der Waals surface area contributed by atoms with Gasteiger partial charge in [-0.15, -0.1) is 6.58 Å². The molecule has 190 valence electrons. The smallest absolute Gasteiger partial charge is 0.246 e. The minimum atomic E-state index is -0.526. The summed E-state index contributed by atoms with van der Waals surface area (Å²) in [6.45, 7) is 13.9. The number of amides is 3. The number of allylic oxidation sites excluding steroid dienone is 1. The monoisotopic (exact) mass is 463 g/mol. The van der Waals surface area contributed by atoms with Gasteiger partial charge in [0.1, 0.15) is 13.2 Å². The highest BCUT2D eigenvalue weighted by Gasteiger charge is 2.02. The van der Waals surface area contributed by atoms with Crippen LogP contribution in [0.2, 0.25) is 0 Å². The minimum Gasteiger partial charge on any atom is -0.377 e. The summed E-state index contributed by atoms with van der Waals surface area (Å²) in [6, 6.07) is 0. The number of rotatable bonds is 19. The third-order valence-electron chi connectivity index (χ3n) is 3.12. The number of hydrogen-bond acceptors (Lipinski definition) is 7. The number of nitrogens with one attached hydrogen (secondary N) is 2. The topological polar surface area (TPSA) is 138 Å². The number of primary amides is 1. The summed E-state index contributed by atoms with van der Waals surface area (Å²) in [6.07, 6.45) is 4.18. The Morgan fingerprint density at radius 3 is 1.72 bits per heavy atom. The summed E-state index contributed by atoms with van der Waals surface area (Å²) in [5, 5.41) is 5.41. The molecule has 0 saturated heterocycles. The summed E-state index contributed by atoms with van der Waals surface area (Å²) in [5.41, 5.74) is 4.91. The van der Waals surface area contributed by atoms with Gasteiger partial charge in [-0.05, 0) is 13.3 Å². The molecule has 10 heteroatoms. The van der Waals surface area contributed by atoms with Crippen LogP contribution in [0.1, 0.15) is 47.0 Å². The van der Waals surface area contributed by atoms with Crippen LogP contribution in [0.3, 0.4) is 0 Å². The van der Waals surface area contributed by atoms with Gasteiger partial charge in [-0.1, -0.05) is 33.3 Å². The molecule has 3 amide bonds. The van der Waals surface area contributed by atoms with Gasteiger partial charge in [0.25, 0.3) is 0 Å². The van der Waals surface area contributed by atoms with Crippen molar-refractivity contribution in [3.05, 3.63) is 12.7 Å². The van der Waals surface area contributed by atoms with Crippen molar-refractivity contribution in [2.24, 2.45) is 5.73 Å². The van der Waals surface area contributed by atoms with E-state index in [0.29, 0.717) is 52.5 Å². The molecule has 0 saturated carbocycles. The zero-order chi connectivity index (χ0) is 24.9. The third-order valence-corrected chi connectivity index (χ3v) is 3.12. The number of hydrogen-bond donors (Lipinski definition) is 3. The van der Waals surface area contributed by atoms with Crippen LogP contribution >= 0.6 is 0 Å². The lowest BCUT2D eigenvalue weighted by Crippen LogP contribution is -2.31. The van der Waals surface area contributed by atoms with Crippen molar-refractivity contribution >= 4 is 17.7 Å². The van der Waals surface area contributed by atoms with Crippen LogP contribution in [-0.2, 0) is 33.3 Å². The predicted octanol–water partition coefficient (Wildman–Crippen LogP) is 1.18. The lowest BCUT2D eigenvalue weighted by molar-refractivity contribution is -0.127. The molecule has 0 aromatic heterocycles. The molecular weight excluding hydrogens is 418 g/mol. The molecule has 0 aromatic rings. The van der Waals surface area contributed by atoms with Crippen LogP contribution in [0.25, 0.3) is 0 Å². The molecule has 0 rings (SSSR count). The van der Waals surface area contributed by atoms with Gasteiger partial charge in [-0.25, -0.2) is 0 Å². The molecule has 0 aliphatic heterocycles. The molecule has 0 aliphatic rings. The van der Waals surface area contributed by atoms with E-state index in [-0.39, 0.29) is 31.6 Å². The average molecular weight is 464 g/mol. The zero-order valence-corrected chi connectivity index (χ0v) is 20.4. The van der Waals surface area contributed by atoms with E-state index in [9.17, 15) is 14.4 Å². The minimum absolute atomic E-state index is 0.0375. The summed E-state index contributed by atoms with van der Waals surface area (Å²) in [4.78, 5) is 33.2. The molecule has 4 N–H and O–H groups in total. The number of ether oxygens (including phenoxy) is 4. The number of carbonyl (C=O) groups excluding carboxylic acids is 3. The van der Waals surface area contributed by atoms with Crippen molar-refractivity contribution < 1.29 is 33.3 Å². The SMILES string of the molecule is C=CC.CC.CCCCC(=O)NCCOCCOCC(=O)NCCOCCOCC(N)=O. The van der Waals surface area contributed by atoms with E-state index in [2.05, 4.69) is 17.2 Å². The lowest BCUT2D eigenvalue weighted by atomic mass is 10.2. The van der Waals surface area contributed by atoms with E-state index in [1.165, 1.54) is 0 Å². The predicted molar refractivity (Wildman–Crippen MR) is 125 cm³/mol. The average Bonchev–Trinajstić information content (AvgIpc) is 2.77. The van der Waals surface area contributed by atoms with E-state index in [0.717, 1.165) is 12.8 Å². The van der Waals surface area contributed by atoms with Crippen molar-refractivity contribution in [2.45, 2.75) is 47.0 Å². The fraction of sp³-hybridized carbons (Fsp3) is 0.773. The molecule has 0 unspecified atom stereocenters. The first-order valence-corrected chi connectivity index (χ1v) is 11.2. The van der Waals surface area contributed by atoms with Gasteiger partial charge in [-0.2, -0.15) is 0 Å². The zero-order valence-electron chi connectivity index (χ0n) is 20.4. The van der Waals surface area contributed by atoms with Crippen LogP contribution in [0.15, 0.2) is 12.7 Å². The molecule has 0 bridgehead atoms. The molecule has 0 radical (unpaired) electrons. The van der Waals surface area contributed by atoms with E-state index >= 15 is 0 Å². The van der Waals surface area contributed by atoms with Crippen molar-refractivity contribution in [1.82, 2.24) is 10.6 Å². The highest BCUT2D eigenvalue weighted by Crippen LogP contribution is 1.92. The van der Waals surface area contributed by atoms with Gasteiger partial charge in [0.2, 0.25) is 17.7 Å². The van der Waals surface area contributed by atoms with Crippen molar-refractivity contribution in [3.8, 4) is 0 Å². The Hall–Kier alpha value is -2.01. The molecule has 0 aromatic carbocycles. The number of nitrogens with two attached hydrogens (primary N) is 1. The maximum absolute atomic E-state index is 11.5. The highest BCUT2D eigenvalue weighted by molar-refractivity contribution is 5.77. The Balaban J connectivity index is -0.00000154. The van der Waals surface area contributed by atoms with E-state index in [1.54, 1.807) is 6.08 Å². The van der Waals surface area contributed by atoms with Crippen molar-refractivity contribution in [3.63, 3.8) is 0 Å². The fourth-order valence-corrected chi connectivity index (χ4v) is 1.78. The lowest BCUT2D eigenvalue weighted by Gasteiger charge is -2.08. The first-order valence-electron chi connectivity index (χ1n) is 11.2. The first-order chi connectivity index (χ1) is 15.5. The highest BCUT2D eigenvalue weighted by atomic mass is 16.5. The van der Waals surface area contributed by atoms with Gasteiger partial charge in [0.15, 0.2) is 0 Å². The molecule has 0 aliphatic carbocycles. The summed E-state index contributed by atoms with van der Waals surface area (Å²) in [7, 11) is 0. The molecule has 0 spiro atoms. The van der Waals surface area contributed by atoms with Gasteiger partial charge < -0.3 is 35.3 Å². The molecule has 0 atom stereocenters. The Morgan fingerprint density at radius 2 is 1.25 bits per heavy atom. The summed E-state index contributed by atoms with van der Waals surface area (Å²) < 4.78 is 20.6. The Bertz CT molecular complexity index is 449. The summed E-state index contributed by atoms with van der Waals surface area (Å²) >= 11 is 0. The van der Waals surface area contributed by atoms with Crippen LogP contribution in [-0.4, -0.2) is 83.7 Å². The largest absolute Gasteiger partial charge is 0.377 e. The second-order valence-corrected chi connectivity index (χ2v) is 6.01. The molecule has 0 heterocycles. The second-order valence-electron chi connectivity index (χ2n) is 6.01. The van der Waals surface area contributed by atoms with Gasteiger partial charge in [0.05, 0.1) is 39.6 Å². The maximum Gasteiger partial charge on any atom is 0.246 e. The molecule has 10 nitrogen and oxygen atoms in total. The Labute approximate surface area is 193 Å². The van der Waals surface area contributed by atoms with E-state index < -0.39 is 5.91 Å². The van der Waals surface area contributed by atoms with E-state index in [4.69, 9.17) is 24.7 Å². The standard InChI is InChI=1S/C17H33N3O7.C3H6.C2H6/c1-2-3-4-16(22)19-5-7-24-10-12-27-14-17(23)20-6-8-25-9-11-26-13-15(18)21;1-3-2;1-2/h2-14H2,1H3,(H2,18,21)(H,19,22)(H,20,23);3H,1H2,2H3;1-2H3. The van der Waals surface area contributed by atoms with Crippen LogP contribution in [0.5, 0.6) is 0 Å². The van der Waals surface area contributed by atoms with Crippen LogP contribution in [0.4, 0.5) is 0 Å². The van der Waals surface area contributed by atoms with Crippen LogP contribution in [0, 0.1) is 0 Å². The van der Waals surface area contributed by atoms with Gasteiger partial charge in [-0.3, -0.25) is 14.4 Å². The fourth-order valence-electron chi connectivity index (χ4n) is 1.78. The normalized spacial score (nSPS) is 9.50. The first kappa shape index (κ1) is 34.6. The molecule has 0 fully saturated rings. The van der Waals surface area contributed by atoms with Crippen molar-refractivity contribution in [2.75, 3.05) is 65.9 Å². The van der Waals surface area contributed by atoms with Gasteiger partial charge >= 0.3 is 0 Å². The second kappa shape index (κ2) is 31.2. The van der Waals surface area contributed by atoms with Crippen LogP contribution < -0.4 is 16.4 Å². The number of carbonyl (C=O) groups is 3. The maximum atomic E-state index is 11.5. The van der Waals surface area contributed by atoms with Crippen molar-refractivity contribution in [1.29, 1.82) is 0 Å².